The molecule has 0 saturated heterocycles. The third kappa shape index (κ3) is 1.84. The molecule has 2 aromatic rings. The molecular weight excluding hydrogens is 254 g/mol. The van der Waals surface area contributed by atoms with Gasteiger partial charge in [0, 0.05) is 12.2 Å². The molecule has 0 amide bonds. The molecule has 2 bridgehead atoms. The summed E-state index contributed by atoms with van der Waals surface area (Å²) >= 11 is 5.48. The van der Waals surface area contributed by atoms with Crippen LogP contribution in [-0.4, -0.2) is 14.5 Å². The third-order valence-corrected chi connectivity index (χ3v) is 5.38. The lowest BCUT2D eigenvalue weighted by Crippen LogP contribution is -2.17. The van der Waals surface area contributed by atoms with Gasteiger partial charge in [0.15, 0.2) is 10.4 Å². The van der Waals surface area contributed by atoms with Crippen LogP contribution in [0.5, 0.6) is 0 Å². The molecule has 1 N–H and O–H groups in total. The number of aromatic amines is 1. The maximum atomic E-state index is 5.48. The van der Waals surface area contributed by atoms with Gasteiger partial charge in [-0.05, 0) is 68.3 Å². The Kier molecular flexibility index (Phi) is 2.56. The standard InChI is InChI=1S/C15H19N3S/c1-9-2-5-13-14(16-9)18(15(19)17-13)8-12-7-10-3-4-11(12)6-10/h2,5,10-12H,3-4,6-8H2,1H3,(H,17,19). The van der Waals surface area contributed by atoms with Gasteiger partial charge in [-0.3, -0.25) is 0 Å². The number of imidazole rings is 1. The predicted molar refractivity (Wildman–Crippen MR) is 78.6 cm³/mol. The SMILES string of the molecule is Cc1ccc2[nH]c(=S)n(CC3CC4CCC3C4)c2n1. The molecule has 2 aliphatic carbocycles. The Morgan fingerprint density at radius 3 is 3.00 bits per heavy atom. The van der Waals surface area contributed by atoms with Crippen LogP contribution in [0.3, 0.4) is 0 Å². The fraction of sp³-hybridized carbons (Fsp3) is 0.600. The van der Waals surface area contributed by atoms with Gasteiger partial charge in [-0.2, -0.15) is 0 Å². The maximum Gasteiger partial charge on any atom is 0.179 e. The molecule has 3 nitrogen and oxygen atoms in total. The number of nitrogens with zero attached hydrogens (tertiary/aromatic N) is 2. The molecule has 2 aliphatic rings. The lowest BCUT2D eigenvalue weighted by Gasteiger charge is -2.22. The van der Waals surface area contributed by atoms with E-state index in [4.69, 9.17) is 12.2 Å². The summed E-state index contributed by atoms with van der Waals surface area (Å²) in [6, 6.07) is 4.13. The van der Waals surface area contributed by atoms with Gasteiger partial charge in [0.25, 0.3) is 0 Å². The molecule has 3 atom stereocenters. The molecule has 4 heteroatoms. The Hall–Kier alpha value is -1.16. The van der Waals surface area contributed by atoms with Gasteiger partial charge in [0.05, 0.1) is 5.52 Å². The number of hydrogen-bond acceptors (Lipinski definition) is 2. The average Bonchev–Trinajstić information content (AvgIpc) is 3.06. The van der Waals surface area contributed by atoms with Gasteiger partial charge in [-0.1, -0.05) is 6.42 Å². The highest BCUT2D eigenvalue weighted by Crippen LogP contribution is 2.48. The highest BCUT2D eigenvalue weighted by Gasteiger charge is 2.39. The summed E-state index contributed by atoms with van der Waals surface area (Å²) in [5.74, 6) is 2.73. The zero-order valence-corrected chi connectivity index (χ0v) is 12.0. The first-order chi connectivity index (χ1) is 9.20. The second kappa shape index (κ2) is 4.17. The molecule has 2 aromatic heterocycles. The number of H-pyrrole nitrogens is 1. The fourth-order valence-corrected chi connectivity index (χ4v) is 4.40. The molecule has 0 spiro atoms. The van der Waals surface area contributed by atoms with Crippen LogP contribution in [0.2, 0.25) is 0 Å². The second-order valence-corrected chi connectivity index (χ2v) is 6.69. The molecule has 0 aromatic carbocycles. The van der Waals surface area contributed by atoms with Crippen LogP contribution >= 0.6 is 12.2 Å². The molecule has 19 heavy (non-hydrogen) atoms. The lowest BCUT2D eigenvalue weighted by molar-refractivity contribution is 0.297. The van der Waals surface area contributed by atoms with Gasteiger partial charge in [-0.25, -0.2) is 4.98 Å². The van der Waals surface area contributed by atoms with Crippen LogP contribution in [0.25, 0.3) is 11.2 Å². The average molecular weight is 273 g/mol. The minimum absolute atomic E-state index is 0.812. The van der Waals surface area contributed by atoms with Crippen LogP contribution in [-0.2, 0) is 6.54 Å². The molecule has 2 saturated carbocycles. The van der Waals surface area contributed by atoms with Crippen molar-refractivity contribution < 1.29 is 0 Å². The van der Waals surface area contributed by atoms with Crippen molar-refractivity contribution in [3.63, 3.8) is 0 Å². The van der Waals surface area contributed by atoms with E-state index in [2.05, 4.69) is 20.6 Å². The highest BCUT2D eigenvalue weighted by molar-refractivity contribution is 7.71. The minimum Gasteiger partial charge on any atom is -0.329 e. The Morgan fingerprint density at radius 1 is 1.37 bits per heavy atom. The first-order valence-corrected chi connectivity index (χ1v) is 7.67. The predicted octanol–water partition coefficient (Wildman–Crippen LogP) is 3.84. The Labute approximate surface area is 118 Å². The topological polar surface area (TPSA) is 33.6 Å². The molecule has 2 fully saturated rings. The summed E-state index contributed by atoms with van der Waals surface area (Å²) in [6.07, 6.45) is 5.73. The smallest absolute Gasteiger partial charge is 0.179 e. The van der Waals surface area contributed by atoms with E-state index in [1.54, 1.807) is 0 Å². The van der Waals surface area contributed by atoms with Crippen LogP contribution in [0.1, 0.15) is 31.4 Å². The first-order valence-electron chi connectivity index (χ1n) is 7.27. The van der Waals surface area contributed by atoms with E-state index in [9.17, 15) is 0 Å². The summed E-state index contributed by atoms with van der Waals surface area (Å²) in [7, 11) is 0. The molecular formula is C15H19N3S. The number of nitrogens with one attached hydrogen (secondary N) is 1. The van der Waals surface area contributed by atoms with E-state index in [1.165, 1.54) is 25.7 Å². The number of aryl methyl sites for hydroxylation is 1. The quantitative estimate of drug-likeness (QED) is 0.843. The number of fused-ring (bicyclic) bond motifs is 3. The first kappa shape index (κ1) is 11.6. The number of hydrogen-bond donors (Lipinski definition) is 1. The molecule has 100 valence electrons. The van der Waals surface area contributed by atoms with Crippen molar-refractivity contribution in [2.24, 2.45) is 17.8 Å². The van der Waals surface area contributed by atoms with E-state index >= 15 is 0 Å². The monoisotopic (exact) mass is 273 g/mol. The van der Waals surface area contributed by atoms with Gasteiger partial charge in [0.2, 0.25) is 0 Å². The van der Waals surface area contributed by atoms with Crippen LogP contribution in [0.15, 0.2) is 12.1 Å². The van der Waals surface area contributed by atoms with E-state index in [1.807, 2.05) is 13.0 Å². The summed E-state index contributed by atoms with van der Waals surface area (Å²) in [4.78, 5) is 7.95. The fourth-order valence-electron chi connectivity index (χ4n) is 4.13. The van der Waals surface area contributed by atoms with Crippen LogP contribution in [0.4, 0.5) is 0 Å². The van der Waals surface area contributed by atoms with Crippen molar-refractivity contribution in [3.05, 3.63) is 22.6 Å². The zero-order chi connectivity index (χ0) is 13.0. The summed E-state index contributed by atoms with van der Waals surface area (Å²) in [6.45, 7) is 3.09. The van der Waals surface area contributed by atoms with Gasteiger partial charge in [-0.15, -0.1) is 0 Å². The Balaban J connectivity index is 1.72. The second-order valence-electron chi connectivity index (χ2n) is 6.30. The maximum absolute atomic E-state index is 5.48. The van der Waals surface area contributed by atoms with Crippen LogP contribution < -0.4 is 0 Å². The van der Waals surface area contributed by atoms with Crippen molar-refractivity contribution >= 4 is 23.4 Å². The molecule has 3 unspecified atom stereocenters. The number of aromatic nitrogens is 3. The Bertz CT molecular complexity index is 684. The molecule has 0 radical (unpaired) electrons. The summed E-state index contributed by atoms with van der Waals surface area (Å²) in [5, 5.41) is 0. The zero-order valence-electron chi connectivity index (χ0n) is 11.2. The van der Waals surface area contributed by atoms with Crippen molar-refractivity contribution in [2.45, 2.75) is 39.2 Å². The van der Waals surface area contributed by atoms with Gasteiger partial charge in [0.1, 0.15) is 0 Å². The third-order valence-electron chi connectivity index (χ3n) is 5.06. The van der Waals surface area contributed by atoms with Gasteiger partial charge >= 0.3 is 0 Å². The molecule has 2 heterocycles. The largest absolute Gasteiger partial charge is 0.329 e. The minimum atomic E-state index is 0.812. The van der Waals surface area contributed by atoms with E-state index in [0.29, 0.717) is 0 Å². The van der Waals surface area contributed by atoms with Crippen molar-refractivity contribution in [2.75, 3.05) is 0 Å². The lowest BCUT2D eigenvalue weighted by atomic mass is 9.89. The summed E-state index contributed by atoms with van der Waals surface area (Å²) < 4.78 is 3.05. The molecule has 0 aliphatic heterocycles. The Morgan fingerprint density at radius 2 is 2.26 bits per heavy atom. The summed E-state index contributed by atoms with van der Waals surface area (Å²) in [5.41, 5.74) is 3.16. The van der Waals surface area contributed by atoms with Crippen LogP contribution in [0, 0.1) is 29.4 Å². The number of pyridine rings is 1. The number of rotatable bonds is 2. The van der Waals surface area contributed by atoms with Gasteiger partial charge < -0.3 is 9.55 Å². The van der Waals surface area contributed by atoms with E-state index in [-0.39, 0.29) is 0 Å². The molecule has 4 rings (SSSR count). The van der Waals surface area contributed by atoms with Crippen molar-refractivity contribution in [3.8, 4) is 0 Å². The van der Waals surface area contributed by atoms with E-state index in [0.717, 1.165) is 45.9 Å². The normalized spacial score (nSPS) is 29.4. The highest BCUT2D eigenvalue weighted by atomic mass is 32.1. The van der Waals surface area contributed by atoms with Crippen molar-refractivity contribution in [1.82, 2.24) is 14.5 Å². The van der Waals surface area contributed by atoms with Crippen molar-refractivity contribution in [1.29, 1.82) is 0 Å². The van der Waals surface area contributed by atoms with E-state index < -0.39 is 0 Å².